The fourth-order valence-corrected chi connectivity index (χ4v) is 9.07. The summed E-state index contributed by atoms with van der Waals surface area (Å²) in [7, 11) is -1.82. The number of amides is 1. The number of fused-ring (bicyclic) bond motifs is 2. The molecule has 3 aromatic rings. The van der Waals surface area contributed by atoms with E-state index in [1.165, 1.54) is 11.7 Å². The van der Waals surface area contributed by atoms with Gasteiger partial charge in [-0.1, -0.05) is 30.7 Å². The lowest BCUT2D eigenvalue weighted by Gasteiger charge is -2.31. The molecule has 7 nitrogen and oxygen atoms in total. The summed E-state index contributed by atoms with van der Waals surface area (Å²) in [4.78, 5) is 28.6. The van der Waals surface area contributed by atoms with Crippen LogP contribution in [0.1, 0.15) is 24.5 Å². The Balaban J connectivity index is 1.51. The molecule has 10 heteroatoms. The summed E-state index contributed by atoms with van der Waals surface area (Å²) in [6, 6.07) is 16.0. The lowest BCUT2D eigenvalue weighted by atomic mass is 9.82. The average Bonchev–Trinajstić information content (AvgIpc) is 3.31. The van der Waals surface area contributed by atoms with E-state index in [0.29, 0.717) is 22.0 Å². The zero-order valence-electron chi connectivity index (χ0n) is 22.4. The maximum absolute atomic E-state index is 15.6. The van der Waals surface area contributed by atoms with E-state index in [0.717, 1.165) is 5.56 Å². The maximum atomic E-state index is 15.6. The van der Waals surface area contributed by atoms with Gasteiger partial charge in [0.15, 0.2) is 11.4 Å². The molecule has 1 spiro atoms. The smallest absolute Gasteiger partial charge is 0.297 e. The van der Waals surface area contributed by atoms with Crippen LogP contribution in [-0.4, -0.2) is 43.8 Å². The molecule has 2 aliphatic rings. The van der Waals surface area contributed by atoms with Crippen molar-refractivity contribution in [3.63, 3.8) is 0 Å². The first kappa shape index (κ1) is 27.6. The molecule has 0 aliphatic carbocycles. The van der Waals surface area contributed by atoms with E-state index in [4.69, 9.17) is 21.1 Å². The molecular formula is C29H32ClFN2O5Si. The van der Waals surface area contributed by atoms with Gasteiger partial charge in [-0.15, -0.1) is 0 Å². The van der Waals surface area contributed by atoms with Crippen molar-refractivity contribution in [3.05, 3.63) is 87.3 Å². The van der Waals surface area contributed by atoms with Crippen LogP contribution >= 0.6 is 11.6 Å². The molecule has 0 radical (unpaired) electrons. The van der Waals surface area contributed by atoms with E-state index in [9.17, 15) is 14.7 Å². The van der Waals surface area contributed by atoms with E-state index < -0.39 is 31.6 Å². The number of rotatable bonds is 7. The summed E-state index contributed by atoms with van der Waals surface area (Å²) in [5.74, 6) is -0.463. The van der Waals surface area contributed by atoms with Crippen LogP contribution in [0, 0.1) is 5.92 Å². The monoisotopic (exact) mass is 570 g/mol. The molecule has 0 unspecified atom stereocenters. The zero-order valence-corrected chi connectivity index (χ0v) is 24.1. The molecule has 2 aromatic carbocycles. The van der Waals surface area contributed by atoms with E-state index in [2.05, 4.69) is 0 Å². The Bertz CT molecular complexity index is 1460. The third-order valence-electron chi connectivity index (χ3n) is 8.02. The lowest BCUT2D eigenvalue weighted by Crippen LogP contribution is -2.45. The number of hydrogen-bond acceptors (Lipinski definition) is 5. The predicted molar refractivity (Wildman–Crippen MR) is 151 cm³/mol. The Kier molecular flexibility index (Phi) is 7.22. The molecule has 3 heterocycles. The molecule has 206 valence electrons. The van der Waals surface area contributed by atoms with E-state index in [1.807, 2.05) is 31.2 Å². The minimum Gasteiger partial charge on any atom is -0.491 e. The molecule has 1 aromatic heterocycles. The van der Waals surface area contributed by atoms with E-state index >= 15 is 4.11 Å². The van der Waals surface area contributed by atoms with Gasteiger partial charge in [0.05, 0.1) is 25.4 Å². The fourth-order valence-electron chi connectivity index (χ4n) is 6.35. The molecule has 1 amide bonds. The van der Waals surface area contributed by atoms with Crippen molar-refractivity contribution >= 4 is 31.6 Å². The van der Waals surface area contributed by atoms with Gasteiger partial charge in [-0.2, -0.15) is 0 Å². The van der Waals surface area contributed by atoms with Crippen LogP contribution in [-0.2, 0) is 21.7 Å². The van der Waals surface area contributed by atoms with Crippen molar-refractivity contribution in [1.82, 2.24) is 4.57 Å². The number of aliphatic hydroxyl groups is 1. The second kappa shape index (κ2) is 10.2. The third kappa shape index (κ3) is 4.51. The first-order valence-electron chi connectivity index (χ1n) is 13.0. The first-order valence-corrected chi connectivity index (χ1v) is 16.3. The van der Waals surface area contributed by atoms with Crippen LogP contribution in [0.15, 0.2) is 65.6 Å². The van der Waals surface area contributed by atoms with Crippen LogP contribution in [0.4, 0.5) is 9.80 Å². The van der Waals surface area contributed by atoms with Crippen LogP contribution in [0.5, 0.6) is 5.75 Å². The topological polar surface area (TPSA) is 81.0 Å². The molecule has 4 atom stereocenters. The normalized spacial score (nSPS) is 24.4. The van der Waals surface area contributed by atoms with Gasteiger partial charge in [0.2, 0.25) is 8.41 Å². The summed E-state index contributed by atoms with van der Waals surface area (Å²) in [5, 5.41) is 10.2. The molecule has 39 heavy (non-hydrogen) atoms. The summed E-state index contributed by atoms with van der Waals surface area (Å²) in [6.07, 6.45) is 1.35. The second-order valence-corrected chi connectivity index (χ2v) is 15.0. The number of anilines is 1. The molecular weight excluding hydrogens is 539 g/mol. The number of methoxy groups -OCH3 is 1. The molecule has 0 saturated carbocycles. The van der Waals surface area contributed by atoms with Gasteiger partial charge in [-0.3, -0.25) is 14.2 Å². The molecule has 0 bridgehead atoms. The Morgan fingerprint density at radius 2 is 1.87 bits per heavy atom. The summed E-state index contributed by atoms with van der Waals surface area (Å²) in [6.45, 7) is 5.24. The molecule has 5 rings (SSSR count). The highest BCUT2D eigenvalue weighted by atomic mass is 35.5. The Labute approximate surface area is 232 Å². The summed E-state index contributed by atoms with van der Waals surface area (Å²) in [5.41, 5.74) is 0.693. The standard InChI is InChI=1S/C29H32ClFN2O5Si/c1-18-26(39(3,4)31)24(13-15-34)38-29(18)22-16-20(30)9-12-23(22)33(28(29)36)17-19-7-10-21(11-8-19)32-14-5-6-25(37-2)27(32)35/h5-12,14,16,18,24,26,34H,13,15,17H2,1-4H3/t18-,24+,26-,29+/m1/s1. The number of aromatic nitrogens is 1. The van der Waals surface area contributed by atoms with Crippen LogP contribution in [0.3, 0.4) is 0 Å². The Hall–Kier alpha value is -2.98. The molecule has 2 aliphatic heterocycles. The van der Waals surface area contributed by atoms with Crippen molar-refractivity contribution in [3.8, 4) is 11.4 Å². The van der Waals surface area contributed by atoms with Crippen molar-refractivity contribution in [2.75, 3.05) is 18.6 Å². The number of nitrogens with zero attached hydrogens (tertiary/aromatic N) is 2. The summed E-state index contributed by atoms with van der Waals surface area (Å²) < 4.78 is 28.8. The van der Waals surface area contributed by atoms with Gasteiger partial charge in [0.1, 0.15) is 0 Å². The zero-order chi connectivity index (χ0) is 28.1. The molecule has 1 N–H and O–H groups in total. The van der Waals surface area contributed by atoms with Crippen molar-refractivity contribution < 1.29 is 23.5 Å². The largest absolute Gasteiger partial charge is 0.491 e. The van der Waals surface area contributed by atoms with Gasteiger partial charge in [-0.05, 0) is 67.5 Å². The fraction of sp³-hybridized carbons (Fsp3) is 0.379. The maximum Gasteiger partial charge on any atom is 0.297 e. The highest BCUT2D eigenvalue weighted by molar-refractivity contribution is 6.72. The van der Waals surface area contributed by atoms with E-state index in [-0.39, 0.29) is 36.8 Å². The number of ether oxygens (including phenoxy) is 2. The Morgan fingerprint density at radius 1 is 1.15 bits per heavy atom. The van der Waals surface area contributed by atoms with E-state index in [1.54, 1.807) is 54.5 Å². The quantitative estimate of drug-likeness (QED) is 0.312. The van der Waals surface area contributed by atoms with Gasteiger partial charge >= 0.3 is 0 Å². The minimum absolute atomic E-state index is 0.155. The van der Waals surface area contributed by atoms with Gasteiger partial charge in [0, 0.05) is 40.5 Å². The van der Waals surface area contributed by atoms with Crippen LogP contribution < -0.4 is 15.2 Å². The third-order valence-corrected chi connectivity index (χ3v) is 10.7. The Morgan fingerprint density at radius 3 is 2.51 bits per heavy atom. The average molecular weight is 571 g/mol. The minimum atomic E-state index is -3.27. The number of pyridine rings is 1. The number of benzene rings is 2. The molecule has 1 fully saturated rings. The van der Waals surface area contributed by atoms with Gasteiger partial charge in [0.25, 0.3) is 11.5 Å². The van der Waals surface area contributed by atoms with Crippen molar-refractivity contribution in [2.24, 2.45) is 5.92 Å². The number of carbonyl (C=O) groups is 1. The lowest BCUT2D eigenvalue weighted by molar-refractivity contribution is -0.146. The highest BCUT2D eigenvalue weighted by Gasteiger charge is 2.66. The van der Waals surface area contributed by atoms with Gasteiger partial charge < -0.3 is 23.6 Å². The van der Waals surface area contributed by atoms with Crippen LogP contribution in [0.2, 0.25) is 23.7 Å². The SMILES string of the molecule is COc1cccn(-c2ccc(CN3C(=O)[C@@]4(O[C@@H](CCO)[C@H]([Si](C)(C)F)[C@H]4C)c4cc(Cl)ccc43)cc2)c1=O. The second-order valence-electron chi connectivity index (χ2n) is 10.8. The number of hydrogen-bond donors (Lipinski definition) is 1. The predicted octanol–water partition coefficient (Wildman–Crippen LogP) is 5.20. The van der Waals surface area contributed by atoms with Crippen LogP contribution in [0.25, 0.3) is 5.69 Å². The summed E-state index contributed by atoms with van der Waals surface area (Å²) >= 11 is 6.39. The van der Waals surface area contributed by atoms with Crippen molar-refractivity contribution in [1.29, 1.82) is 0 Å². The van der Waals surface area contributed by atoms with Crippen molar-refractivity contribution in [2.45, 2.75) is 50.2 Å². The first-order chi connectivity index (χ1) is 18.5. The number of carbonyl (C=O) groups excluding carboxylic acids is 1. The molecule has 1 saturated heterocycles. The van der Waals surface area contributed by atoms with Gasteiger partial charge in [-0.25, -0.2) is 0 Å². The highest BCUT2D eigenvalue weighted by Crippen LogP contribution is 2.60. The number of aliphatic hydroxyl groups excluding tert-OH is 1. The number of halogens is 2.